The molecule has 2 amide bonds. The number of hydrogen-bond acceptors (Lipinski definition) is 4. The highest BCUT2D eigenvalue weighted by atomic mass is 19.4. The summed E-state index contributed by atoms with van der Waals surface area (Å²) in [6.07, 6.45) is 2.66. The summed E-state index contributed by atoms with van der Waals surface area (Å²) in [5.41, 5.74) is 3.43. The molecule has 1 atom stereocenters. The Labute approximate surface area is 256 Å². The number of nitrogens with zero attached hydrogens (tertiary/aromatic N) is 2. The van der Waals surface area contributed by atoms with E-state index in [1.807, 2.05) is 0 Å². The van der Waals surface area contributed by atoms with Gasteiger partial charge in [0.05, 0.1) is 5.56 Å². The van der Waals surface area contributed by atoms with Gasteiger partial charge in [0.25, 0.3) is 5.91 Å². The summed E-state index contributed by atoms with van der Waals surface area (Å²) >= 11 is 0. The normalized spacial score (nSPS) is 17.4. The number of alkyl halides is 3. The topological polar surface area (TPSA) is 64.7 Å². The van der Waals surface area contributed by atoms with Crippen molar-refractivity contribution in [3.8, 4) is 11.1 Å². The Morgan fingerprint density at radius 2 is 1.61 bits per heavy atom. The summed E-state index contributed by atoms with van der Waals surface area (Å²) in [6.45, 7) is 4.83. The Bertz CT molecular complexity index is 1480. The molecule has 9 heteroatoms. The quantitative estimate of drug-likeness (QED) is 0.277. The third kappa shape index (κ3) is 7.44. The lowest BCUT2D eigenvalue weighted by molar-refractivity contribution is -0.137. The molecule has 0 saturated carbocycles. The summed E-state index contributed by atoms with van der Waals surface area (Å²) in [5.74, 6) is 0.308. The van der Waals surface area contributed by atoms with Gasteiger partial charge in [-0.05, 0) is 65.8 Å². The second kappa shape index (κ2) is 13.6. The van der Waals surface area contributed by atoms with E-state index in [4.69, 9.17) is 0 Å². The Morgan fingerprint density at radius 1 is 0.932 bits per heavy atom. The van der Waals surface area contributed by atoms with Crippen molar-refractivity contribution in [1.29, 1.82) is 0 Å². The zero-order valence-corrected chi connectivity index (χ0v) is 25.2. The van der Waals surface area contributed by atoms with Crippen LogP contribution < -0.4 is 15.5 Å². The molecule has 0 aliphatic carbocycles. The predicted octanol–water partition coefficient (Wildman–Crippen LogP) is 6.98. The fraction of sp³-hybridized carbons (Fsp3) is 0.371. The van der Waals surface area contributed by atoms with Gasteiger partial charge in [0.2, 0.25) is 5.91 Å². The highest BCUT2D eigenvalue weighted by Gasteiger charge is 2.31. The standard InChI is InChI=1S/C35H39F3N4O2/c1-3-6-24-17-19-42(20-18-24)29-15-9-25(10-16-29)22-39-34(44)32-21-28(23-41(32)2)40-33(43)31-8-5-4-7-30(31)26-11-13-27(14-12-26)35(36,37)38/h4-5,7-16,23-24,32H,3,6,17-22H2,1-2H3,(H,39,44)(H,40,43). The van der Waals surface area contributed by atoms with E-state index in [1.54, 1.807) is 42.4 Å². The molecule has 0 spiro atoms. The van der Waals surface area contributed by atoms with Crippen LogP contribution in [-0.2, 0) is 17.5 Å². The monoisotopic (exact) mass is 604 g/mol. The fourth-order valence-electron chi connectivity index (χ4n) is 6.11. The average Bonchev–Trinajstić information content (AvgIpc) is 3.40. The molecule has 1 saturated heterocycles. The Hall–Kier alpha value is -4.27. The first-order chi connectivity index (χ1) is 21.1. The first-order valence-electron chi connectivity index (χ1n) is 15.2. The maximum absolute atomic E-state index is 13.2. The summed E-state index contributed by atoms with van der Waals surface area (Å²) in [4.78, 5) is 30.5. The molecule has 0 radical (unpaired) electrons. The number of rotatable bonds is 9. The molecule has 1 unspecified atom stereocenters. The zero-order chi connectivity index (χ0) is 31.3. The van der Waals surface area contributed by atoms with Crippen molar-refractivity contribution in [3.05, 3.63) is 101 Å². The first-order valence-corrected chi connectivity index (χ1v) is 15.2. The molecule has 6 nitrogen and oxygen atoms in total. The minimum Gasteiger partial charge on any atom is -0.372 e. The van der Waals surface area contributed by atoms with Gasteiger partial charge in [-0.1, -0.05) is 62.2 Å². The van der Waals surface area contributed by atoms with Crippen LogP contribution >= 0.6 is 0 Å². The van der Waals surface area contributed by atoms with E-state index >= 15 is 0 Å². The van der Waals surface area contributed by atoms with Gasteiger partial charge in [0.15, 0.2) is 0 Å². The molecule has 2 aliphatic rings. The van der Waals surface area contributed by atoms with Gasteiger partial charge in [-0.25, -0.2) is 0 Å². The summed E-state index contributed by atoms with van der Waals surface area (Å²) in [5, 5.41) is 5.91. The van der Waals surface area contributed by atoms with E-state index in [-0.39, 0.29) is 5.91 Å². The number of amides is 2. The van der Waals surface area contributed by atoms with Crippen molar-refractivity contribution < 1.29 is 22.8 Å². The highest BCUT2D eigenvalue weighted by molar-refractivity contribution is 6.01. The van der Waals surface area contributed by atoms with Crippen molar-refractivity contribution in [3.63, 3.8) is 0 Å². The van der Waals surface area contributed by atoms with Crippen LogP contribution in [-0.4, -0.2) is 42.9 Å². The van der Waals surface area contributed by atoms with Gasteiger partial charge in [0.1, 0.15) is 6.04 Å². The largest absolute Gasteiger partial charge is 0.416 e. The van der Waals surface area contributed by atoms with Gasteiger partial charge in [-0.2, -0.15) is 13.2 Å². The molecule has 0 aromatic heterocycles. The molecule has 2 N–H and O–H groups in total. The van der Waals surface area contributed by atoms with Crippen LogP contribution in [0.3, 0.4) is 0 Å². The molecule has 232 valence electrons. The van der Waals surface area contributed by atoms with Gasteiger partial charge < -0.3 is 20.4 Å². The van der Waals surface area contributed by atoms with Crippen molar-refractivity contribution in [2.45, 2.75) is 57.8 Å². The lowest BCUT2D eigenvalue weighted by atomic mass is 9.92. The number of piperidine rings is 1. The Balaban J connectivity index is 1.14. The Morgan fingerprint density at radius 3 is 2.27 bits per heavy atom. The smallest absolute Gasteiger partial charge is 0.372 e. The van der Waals surface area contributed by atoms with Crippen LogP contribution in [0.2, 0.25) is 0 Å². The molecule has 5 rings (SSSR count). The van der Waals surface area contributed by atoms with E-state index in [2.05, 4.69) is 46.7 Å². The van der Waals surface area contributed by atoms with Crippen LogP contribution in [0.25, 0.3) is 11.1 Å². The van der Waals surface area contributed by atoms with E-state index in [1.165, 1.54) is 43.5 Å². The highest BCUT2D eigenvalue weighted by Crippen LogP contribution is 2.32. The maximum atomic E-state index is 13.2. The number of halogens is 3. The molecule has 1 fully saturated rings. The first kappa shape index (κ1) is 31.2. The van der Waals surface area contributed by atoms with Crippen LogP contribution in [0.4, 0.5) is 18.9 Å². The minimum atomic E-state index is -4.44. The van der Waals surface area contributed by atoms with Crippen LogP contribution in [0, 0.1) is 5.92 Å². The molecular formula is C35H39F3N4O2. The van der Waals surface area contributed by atoms with Gasteiger partial charge in [-0.15, -0.1) is 0 Å². The van der Waals surface area contributed by atoms with Crippen molar-refractivity contribution >= 4 is 17.5 Å². The number of carbonyl (C=O) groups is 2. The van der Waals surface area contributed by atoms with Gasteiger partial charge in [-0.3, -0.25) is 9.59 Å². The number of nitrogens with one attached hydrogen (secondary N) is 2. The number of anilines is 1. The molecule has 3 aromatic carbocycles. The third-order valence-electron chi connectivity index (χ3n) is 8.62. The predicted molar refractivity (Wildman–Crippen MR) is 167 cm³/mol. The number of hydrogen-bond donors (Lipinski definition) is 2. The maximum Gasteiger partial charge on any atom is 0.416 e. The summed E-state index contributed by atoms with van der Waals surface area (Å²) in [7, 11) is 1.79. The van der Waals surface area contributed by atoms with Crippen molar-refractivity contribution in [1.82, 2.24) is 15.5 Å². The summed E-state index contributed by atoms with van der Waals surface area (Å²) < 4.78 is 39.0. The van der Waals surface area contributed by atoms with E-state index in [9.17, 15) is 22.8 Å². The lowest BCUT2D eigenvalue weighted by Crippen LogP contribution is -2.40. The SMILES string of the molecule is CCCC1CCN(c2ccc(CNC(=O)C3CC(NC(=O)c4ccccc4-c4ccc(C(F)(F)F)cc4)=CN3C)cc2)CC1. The number of likely N-dealkylation sites (N-methyl/N-ethyl adjacent to an activating group) is 1. The second-order valence-corrected chi connectivity index (χ2v) is 11.7. The van der Waals surface area contributed by atoms with E-state index < -0.39 is 23.7 Å². The van der Waals surface area contributed by atoms with Gasteiger partial charge in [0, 0.05) is 56.3 Å². The molecule has 2 aliphatic heterocycles. The zero-order valence-electron chi connectivity index (χ0n) is 25.2. The fourth-order valence-corrected chi connectivity index (χ4v) is 6.11. The second-order valence-electron chi connectivity index (χ2n) is 11.7. The summed E-state index contributed by atoms with van der Waals surface area (Å²) in [6, 6.07) is 19.4. The van der Waals surface area contributed by atoms with Gasteiger partial charge >= 0.3 is 6.18 Å². The minimum absolute atomic E-state index is 0.139. The van der Waals surface area contributed by atoms with Crippen molar-refractivity contribution in [2.75, 3.05) is 25.0 Å². The molecule has 44 heavy (non-hydrogen) atoms. The molecule has 3 aromatic rings. The van der Waals surface area contributed by atoms with Crippen molar-refractivity contribution in [2.24, 2.45) is 5.92 Å². The number of carbonyl (C=O) groups excluding carboxylic acids is 2. The molecule has 0 bridgehead atoms. The van der Waals surface area contributed by atoms with Crippen LogP contribution in [0.1, 0.15) is 60.5 Å². The lowest BCUT2D eigenvalue weighted by Gasteiger charge is -2.33. The Kier molecular flexibility index (Phi) is 9.61. The van der Waals surface area contributed by atoms with Crippen LogP contribution in [0.5, 0.6) is 0 Å². The molecular weight excluding hydrogens is 565 g/mol. The van der Waals surface area contributed by atoms with E-state index in [0.717, 1.165) is 36.7 Å². The third-order valence-corrected chi connectivity index (χ3v) is 8.62. The van der Waals surface area contributed by atoms with Crippen LogP contribution in [0.15, 0.2) is 84.7 Å². The number of benzene rings is 3. The van der Waals surface area contributed by atoms with E-state index in [0.29, 0.717) is 35.4 Å². The molecule has 2 heterocycles. The average molecular weight is 605 g/mol.